The molecule has 0 spiro atoms. The Morgan fingerprint density at radius 2 is 1.47 bits per heavy atom. The van der Waals surface area contributed by atoms with Crippen LogP contribution in [0, 0.1) is 0 Å². The Bertz CT molecular complexity index is 900. The summed E-state index contributed by atoms with van der Waals surface area (Å²) in [5.41, 5.74) is 12.0. The summed E-state index contributed by atoms with van der Waals surface area (Å²) in [6.45, 7) is 18.3. The van der Waals surface area contributed by atoms with Crippen LogP contribution in [0.2, 0.25) is 13.1 Å². The minimum atomic E-state index is -0.437. The molecule has 1 nitrogen and oxygen atoms in total. The van der Waals surface area contributed by atoms with Crippen LogP contribution in [0.1, 0.15) is 75.6 Å². The second-order valence-electron chi connectivity index (χ2n) is 9.46. The summed E-state index contributed by atoms with van der Waals surface area (Å²) in [6.07, 6.45) is 1.01. The first-order valence-corrected chi connectivity index (χ1v) is 12.8. The molecule has 0 N–H and O–H groups in total. The number of rotatable bonds is 5. The molecular formula is C25H34Cl2NSiTi. The molecule has 0 heterocycles. The Labute approximate surface area is 212 Å². The molecule has 2 aromatic rings. The predicted octanol–water partition coefficient (Wildman–Crippen LogP) is 1.43. The largest absolute Gasteiger partial charge is 3.00 e. The number of benzene rings is 2. The number of hydrogen-bond donors (Lipinski definition) is 0. The van der Waals surface area contributed by atoms with Gasteiger partial charge in [0.05, 0.1) is 0 Å². The van der Waals surface area contributed by atoms with Crippen LogP contribution >= 0.6 is 0 Å². The van der Waals surface area contributed by atoms with E-state index in [0.717, 1.165) is 6.42 Å². The molecule has 0 fully saturated rings. The monoisotopic (exact) mass is 494 g/mol. The summed E-state index contributed by atoms with van der Waals surface area (Å²) in [6, 6.07) is 11.8. The Kier molecular flexibility index (Phi) is 11.3. The Hall–Kier alpha value is -0.379. The van der Waals surface area contributed by atoms with E-state index in [2.05, 4.69) is 90.6 Å². The molecule has 0 aliphatic heterocycles. The van der Waals surface area contributed by atoms with Gasteiger partial charge < -0.3 is 30.1 Å². The minimum Gasteiger partial charge on any atom is -1.00 e. The van der Waals surface area contributed by atoms with Crippen LogP contribution in [0.5, 0.6) is 0 Å². The molecule has 0 saturated heterocycles. The number of halogens is 2. The molecule has 1 radical (unpaired) electrons. The zero-order valence-electron chi connectivity index (χ0n) is 19.5. The fourth-order valence-corrected chi connectivity index (χ4v) is 5.61. The second-order valence-corrected chi connectivity index (χ2v) is 11.9. The number of fused-ring (bicyclic) bond motifs is 3. The quantitative estimate of drug-likeness (QED) is 0.476. The molecule has 0 aromatic heterocycles. The number of hydrogen-bond acceptors (Lipinski definition) is 0. The molecule has 5 heteroatoms. The van der Waals surface area contributed by atoms with Gasteiger partial charge in [0.2, 0.25) is 0 Å². The molecule has 161 valence electrons. The second kappa shape index (κ2) is 11.5. The van der Waals surface area contributed by atoms with Crippen molar-refractivity contribution in [1.82, 2.24) is 0 Å². The van der Waals surface area contributed by atoms with Gasteiger partial charge in [0.15, 0.2) is 0 Å². The van der Waals surface area contributed by atoms with Crippen LogP contribution in [0.4, 0.5) is 5.69 Å². The SMILES string of the molecule is CC(C)c1ccc2c(c1)-c1cc(C(C)C)cc([N-]C(C)(C)C=[Si](C)C)c1C2.[Cl-].[Cl-].[Ti+3]. The maximum Gasteiger partial charge on any atom is 3.00 e. The average molecular weight is 495 g/mol. The molecule has 1 aliphatic carbocycles. The van der Waals surface area contributed by atoms with Gasteiger partial charge in [0.1, 0.15) is 0 Å². The number of nitrogens with zero attached hydrogens (tertiary/aromatic N) is 1. The first kappa shape index (κ1) is 29.6. The Balaban J connectivity index is 0.00000280. The topological polar surface area (TPSA) is 14.1 Å². The van der Waals surface area contributed by atoms with Crippen molar-refractivity contribution in [1.29, 1.82) is 0 Å². The Morgan fingerprint density at radius 3 is 2.00 bits per heavy atom. The third-order valence-electron chi connectivity index (χ3n) is 5.42. The van der Waals surface area contributed by atoms with Crippen molar-refractivity contribution in [2.45, 2.75) is 78.4 Å². The van der Waals surface area contributed by atoms with E-state index in [1.165, 1.54) is 39.1 Å². The smallest absolute Gasteiger partial charge is 1.00 e. The summed E-state index contributed by atoms with van der Waals surface area (Å²) >= 11 is 0. The van der Waals surface area contributed by atoms with Crippen LogP contribution in [-0.2, 0) is 28.1 Å². The van der Waals surface area contributed by atoms with Crippen LogP contribution in [0.3, 0.4) is 0 Å². The zero-order valence-corrected chi connectivity index (χ0v) is 23.6. The first-order valence-electron chi connectivity index (χ1n) is 10.3. The van der Waals surface area contributed by atoms with Gasteiger partial charge in [-0.05, 0) is 54.5 Å². The summed E-state index contributed by atoms with van der Waals surface area (Å²) in [5.74, 6) is 1.06. The van der Waals surface area contributed by atoms with E-state index in [1.54, 1.807) is 0 Å². The summed E-state index contributed by atoms with van der Waals surface area (Å²) in [7, 11) is -0.437. The van der Waals surface area contributed by atoms with E-state index in [4.69, 9.17) is 5.32 Å². The molecule has 0 atom stereocenters. The average Bonchev–Trinajstić information content (AvgIpc) is 2.91. The van der Waals surface area contributed by atoms with E-state index in [1.807, 2.05) is 0 Å². The van der Waals surface area contributed by atoms with Gasteiger partial charge in [-0.15, -0.1) is 11.4 Å². The standard InChI is InChI=1S/C25H34NSi.2ClH.Ti/c1-16(2)18-9-10-19-12-23-22(21(19)11-18)13-20(17(3)4)14-24(23)26-25(5,6)15-27(7)8;;;/h9-11,13-17H,12H2,1-8H3;2*1H;/q-1;;;+3/p-2. The molecule has 0 unspecified atom stereocenters. The van der Waals surface area contributed by atoms with Gasteiger partial charge in [-0.3, -0.25) is 0 Å². The van der Waals surface area contributed by atoms with Crippen molar-refractivity contribution in [3.05, 3.63) is 57.9 Å². The van der Waals surface area contributed by atoms with E-state index >= 15 is 0 Å². The fraction of sp³-hybridized carbons (Fsp3) is 0.480. The van der Waals surface area contributed by atoms with Crippen LogP contribution in [0.25, 0.3) is 16.4 Å². The molecule has 0 amide bonds. The van der Waals surface area contributed by atoms with Crippen LogP contribution in [0.15, 0.2) is 30.3 Å². The van der Waals surface area contributed by atoms with Crippen molar-refractivity contribution in [3.8, 4) is 11.1 Å². The van der Waals surface area contributed by atoms with Crippen molar-refractivity contribution in [2.75, 3.05) is 0 Å². The molecule has 0 bridgehead atoms. The predicted molar refractivity (Wildman–Crippen MR) is 124 cm³/mol. The summed E-state index contributed by atoms with van der Waals surface area (Å²) < 4.78 is 0. The van der Waals surface area contributed by atoms with Crippen molar-refractivity contribution in [2.24, 2.45) is 0 Å². The molecule has 2 aromatic carbocycles. The van der Waals surface area contributed by atoms with Gasteiger partial charge >= 0.3 is 21.7 Å². The molecule has 3 rings (SSSR count). The van der Waals surface area contributed by atoms with Gasteiger partial charge in [-0.25, -0.2) is 0 Å². The molecule has 1 aliphatic rings. The zero-order chi connectivity index (χ0) is 19.9. The molecule has 30 heavy (non-hydrogen) atoms. The van der Waals surface area contributed by atoms with E-state index < -0.39 is 8.41 Å². The Morgan fingerprint density at radius 1 is 0.900 bits per heavy atom. The van der Waals surface area contributed by atoms with Gasteiger partial charge in [-0.1, -0.05) is 96.1 Å². The maximum absolute atomic E-state index is 5.26. The first-order chi connectivity index (χ1) is 12.6. The van der Waals surface area contributed by atoms with Gasteiger partial charge in [0, 0.05) is 0 Å². The van der Waals surface area contributed by atoms with Crippen molar-refractivity contribution in [3.63, 3.8) is 0 Å². The van der Waals surface area contributed by atoms with Crippen molar-refractivity contribution < 1.29 is 46.5 Å². The van der Waals surface area contributed by atoms with Gasteiger partial charge in [-0.2, -0.15) is 0 Å². The molecular weight excluding hydrogens is 461 g/mol. The van der Waals surface area contributed by atoms with Crippen LogP contribution < -0.4 is 24.8 Å². The van der Waals surface area contributed by atoms with Crippen LogP contribution in [-0.4, -0.2) is 19.6 Å². The van der Waals surface area contributed by atoms with Gasteiger partial charge in [0.25, 0.3) is 0 Å². The third-order valence-corrected chi connectivity index (χ3v) is 6.71. The van der Waals surface area contributed by atoms with E-state index in [0.29, 0.717) is 11.8 Å². The summed E-state index contributed by atoms with van der Waals surface area (Å²) in [4.78, 5) is 0. The maximum atomic E-state index is 5.26. The fourth-order valence-electron chi connectivity index (χ4n) is 4.14. The van der Waals surface area contributed by atoms with E-state index in [9.17, 15) is 0 Å². The van der Waals surface area contributed by atoms with Crippen molar-refractivity contribution >= 4 is 19.8 Å². The third kappa shape index (κ3) is 6.56. The summed E-state index contributed by atoms with van der Waals surface area (Å²) in [5, 5.41) is 5.26. The van der Waals surface area contributed by atoms with E-state index in [-0.39, 0.29) is 52.1 Å². The molecule has 0 saturated carbocycles. The normalized spacial score (nSPS) is 11.7. The minimum absolute atomic E-state index is 0.